The van der Waals surface area contributed by atoms with Crippen molar-refractivity contribution in [2.75, 3.05) is 26.8 Å². The van der Waals surface area contributed by atoms with Crippen molar-refractivity contribution in [3.05, 3.63) is 0 Å². The van der Waals surface area contributed by atoms with Gasteiger partial charge in [0.25, 0.3) is 0 Å². The zero-order valence-electron chi connectivity index (χ0n) is 10.7. The van der Waals surface area contributed by atoms with E-state index in [1.165, 1.54) is 7.11 Å². The number of ether oxygens (including phenoxy) is 2. The molecule has 1 amide bonds. The maximum absolute atomic E-state index is 11.9. The van der Waals surface area contributed by atoms with Gasteiger partial charge in [-0.15, -0.1) is 12.3 Å². The molecule has 0 spiro atoms. The fourth-order valence-corrected chi connectivity index (χ4v) is 1.81. The van der Waals surface area contributed by atoms with Crippen molar-refractivity contribution in [1.29, 1.82) is 0 Å². The van der Waals surface area contributed by atoms with E-state index in [0.717, 1.165) is 12.8 Å². The zero-order valence-corrected chi connectivity index (χ0v) is 10.7. The molecule has 1 unspecified atom stereocenters. The van der Waals surface area contributed by atoms with Crippen LogP contribution in [0.4, 0.5) is 0 Å². The van der Waals surface area contributed by atoms with Gasteiger partial charge in [0, 0.05) is 19.4 Å². The molecule has 1 aliphatic rings. The molecular weight excluding hydrogens is 234 g/mol. The first kappa shape index (κ1) is 14.5. The van der Waals surface area contributed by atoms with E-state index in [9.17, 15) is 9.59 Å². The van der Waals surface area contributed by atoms with Crippen LogP contribution in [0.1, 0.15) is 25.7 Å². The Bertz CT molecular complexity index is 334. The third-order valence-electron chi connectivity index (χ3n) is 2.84. The summed E-state index contributed by atoms with van der Waals surface area (Å²) in [5.41, 5.74) is 0. The van der Waals surface area contributed by atoms with Gasteiger partial charge in [-0.3, -0.25) is 4.79 Å². The summed E-state index contributed by atoms with van der Waals surface area (Å²) in [5, 5.41) is 0. The maximum atomic E-state index is 11.9. The summed E-state index contributed by atoms with van der Waals surface area (Å²) < 4.78 is 9.87. The number of hydrogen-bond donors (Lipinski definition) is 0. The monoisotopic (exact) mass is 253 g/mol. The fourth-order valence-electron chi connectivity index (χ4n) is 1.81. The normalized spacial score (nSPS) is 19.1. The molecule has 0 bridgehead atoms. The minimum Gasteiger partial charge on any atom is -0.467 e. The summed E-state index contributed by atoms with van der Waals surface area (Å²) in [6.07, 6.45) is 7.29. The summed E-state index contributed by atoms with van der Waals surface area (Å²) in [7, 11) is 1.31. The summed E-state index contributed by atoms with van der Waals surface area (Å²) >= 11 is 0. The highest BCUT2D eigenvalue weighted by atomic mass is 16.6. The predicted octanol–water partition coefficient (Wildman–Crippen LogP) is 0.580. The van der Waals surface area contributed by atoms with Gasteiger partial charge in [-0.2, -0.15) is 0 Å². The first-order valence-corrected chi connectivity index (χ1v) is 6.09. The molecule has 1 fully saturated rings. The Hall–Kier alpha value is -1.54. The van der Waals surface area contributed by atoms with Crippen LogP contribution < -0.4 is 0 Å². The smallest absolute Gasteiger partial charge is 0.336 e. The Morgan fingerprint density at radius 3 is 2.94 bits per heavy atom. The number of carbonyl (C=O) groups excluding carboxylic acids is 2. The van der Waals surface area contributed by atoms with Crippen molar-refractivity contribution in [3.63, 3.8) is 0 Å². The highest BCUT2D eigenvalue weighted by molar-refractivity contribution is 5.79. The minimum atomic E-state index is -0.654. The van der Waals surface area contributed by atoms with Gasteiger partial charge >= 0.3 is 5.97 Å². The van der Waals surface area contributed by atoms with Crippen molar-refractivity contribution in [3.8, 4) is 12.3 Å². The van der Waals surface area contributed by atoms with Gasteiger partial charge in [-0.25, -0.2) is 4.79 Å². The van der Waals surface area contributed by atoms with E-state index in [0.29, 0.717) is 26.0 Å². The molecule has 0 N–H and O–H groups in total. The Morgan fingerprint density at radius 1 is 1.50 bits per heavy atom. The second kappa shape index (κ2) is 7.72. The van der Waals surface area contributed by atoms with Gasteiger partial charge < -0.3 is 14.4 Å². The van der Waals surface area contributed by atoms with Crippen molar-refractivity contribution in [2.24, 2.45) is 0 Å². The number of amides is 1. The highest BCUT2D eigenvalue weighted by Crippen LogP contribution is 2.10. The van der Waals surface area contributed by atoms with Crippen LogP contribution in [-0.2, 0) is 19.1 Å². The van der Waals surface area contributed by atoms with Gasteiger partial charge in [0.2, 0.25) is 5.91 Å². The molecule has 1 atom stereocenters. The number of carbonyl (C=O) groups is 2. The summed E-state index contributed by atoms with van der Waals surface area (Å²) in [5.74, 6) is 2.16. The van der Waals surface area contributed by atoms with Gasteiger partial charge in [-0.1, -0.05) is 0 Å². The molecule has 1 heterocycles. The Labute approximate surface area is 107 Å². The fraction of sp³-hybridized carbons (Fsp3) is 0.692. The third-order valence-corrected chi connectivity index (χ3v) is 2.84. The van der Waals surface area contributed by atoms with Crippen LogP contribution in [0, 0.1) is 12.3 Å². The van der Waals surface area contributed by atoms with Crippen molar-refractivity contribution in [2.45, 2.75) is 31.8 Å². The number of esters is 1. The maximum Gasteiger partial charge on any atom is 0.336 e. The largest absolute Gasteiger partial charge is 0.467 e. The van der Waals surface area contributed by atoms with E-state index in [-0.39, 0.29) is 12.5 Å². The van der Waals surface area contributed by atoms with Crippen LogP contribution in [0.15, 0.2) is 0 Å². The van der Waals surface area contributed by atoms with Gasteiger partial charge in [0.05, 0.1) is 20.3 Å². The summed E-state index contributed by atoms with van der Waals surface area (Å²) in [4.78, 5) is 24.9. The first-order valence-electron chi connectivity index (χ1n) is 6.09. The lowest BCUT2D eigenvalue weighted by atomic mass is 10.1. The average Bonchev–Trinajstić information content (AvgIpc) is 2.42. The van der Waals surface area contributed by atoms with E-state index >= 15 is 0 Å². The lowest BCUT2D eigenvalue weighted by Gasteiger charge is -2.31. The average molecular weight is 253 g/mol. The number of nitrogens with zero attached hydrogens (tertiary/aromatic N) is 1. The van der Waals surface area contributed by atoms with E-state index in [1.807, 2.05) is 0 Å². The lowest BCUT2D eigenvalue weighted by Crippen LogP contribution is -2.48. The van der Waals surface area contributed by atoms with E-state index in [1.54, 1.807) is 4.90 Å². The number of unbranched alkanes of at least 4 members (excludes halogenated alkanes) is 2. The topological polar surface area (TPSA) is 55.8 Å². The molecular formula is C13H19NO4. The molecule has 1 saturated heterocycles. The molecule has 5 heteroatoms. The van der Waals surface area contributed by atoms with E-state index in [2.05, 4.69) is 10.7 Å². The molecule has 5 nitrogen and oxygen atoms in total. The van der Waals surface area contributed by atoms with Crippen molar-refractivity contribution >= 4 is 11.9 Å². The van der Waals surface area contributed by atoms with Gasteiger partial charge in [0.15, 0.2) is 6.10 Å². The molecule has 100 valence electrons. The molecule has 0 saturated carbocycles. The summed E-state index contributed by atoms with van der Waals surface area (Å²) in [6.45, 7) is 1.18. The quantitative estimate of drug-likeness (QED) is 0.408. The molecule has 1 rings (SSSR count). The van der Waals surface area contributed by atoms with Crippen LogP contribution in [0.3, 0.4) is 0 Å². The number of hydrogen-bond acceptors (Lipinski definition) is 4. The highest BCUT2D eigenvalue weighted by Gasteiger charge is 2.29. The van der Waals surface area contributed by atoms with Crippen LogP contribution in [-0.4, -0.2) is 49.7 Å². The molecule has 0 radical (unpaired) electrons. The Balaban J connectivity index is 2.34. The van der Waals surface area contributed by atoms with Crippen LogP contribution >= 0.6 is 0 Å². The van der Waals surface area contributed by atoms with Crippen LogP contribution in [0.25, 0.3) is 0 Å². The molecule has 0 aromatic carbocycles. The van der Waals surface area contributed by atoms with Crippen LogP contribution in [0.2, 0.25) is 0 Å². The molecule has 0 aromatic heterocycles. The molecule has 0 aromatic rings. The first-order chi connectivity index (χ1) is 8.69. The standard InChI is InChI=1S/C13H19NO4/c1-3-4-5-6-7-12(15)14-8-9-18-11(10-14)13(16)17-2/h1,11H,4-10H2,2H3. The van der Waals surface area contributed by atoms with Crippen molar-refractivity contribution in [1.82, 2.24) is 4.90 Å². The predicted molar refractivity (Wildman–Crippen MR) is 65.6 cm³/mol. The number of terminal acetylenes is 1. The Morgan fingerprint density at radius 2 is 2.28 bits per heavy atom. The van der Waals surface area contributed by atoms with Crippen LogP contribution in [0.5, 0.6) is 0 Å². The zero-order chi connectivity index (χ0) is 13.4. The molecule has 18 heavy (non-hydrogen) atoms. The van der Waals surface area contributed by atoms with E-state index in [4.69, 9.17) is 11.2 Å². The third kappa shape index (κ3) is 4.38. The number of methoxy groups -OCH3 is 1. The number of morpholine rings is 1. The Kier molecular flexibility index (Phi) is 6.23. The lowest BCUT2D eigenvalue weighted by molar-refractivity contribution is -0.162. The second-order valence-corrected chi connectivity index (χ2v) is 4.13. The minimum absolute atomic E-state index is 0.0456. The summed E-state index contributed by atoms with van der Waals surface area (Å²) in [6, 6.07) is 0. The van der Waals surface area contributed by atoms with Gasteiger partial charge in [-0.05, 0) is 12.8 Å². The molecule has 1 aliphatic heterocycles. The van der Waals surface area contributed by atoms with Crippen molar-refractivity contribution < 1.29 is 19.1 Å². The number of rotatable bonds is 5. The molecule has 0 aliphatic carbocycles. The second-order valence-electron chi connectivity index (χ2n) is 4.13. The van der Waals surface area contributed by atoms with Gasteiger partial charge in [0.1, 0.15) is 0 Å². The van der Waals surface area contributed by atoms with E-state index < -0.39 is 12.1 Å². The SMILES string of the molecule is C#CCCCCC(=O)N1CCOC(C(=O)OC)C1.